The van der Waals surface area contributed by atoms with Gasteiger partial charge in [0.1, 0.15) is 17.6 Å². The minimum absolute atomic E-state index is 0.0805. The maximum atomic E-state index is 6.04. The molecule has 2 aromatic heterocycles. The zero-order valence-corrected chi connectivity index (χ0v) is 14.6. The van der Waals surface area contributed by atoms with Crippen LogP contribution >= 0.6 is 0 Å². The molecule has 1 aliphatic heterocycles. The van der Waals surface area contributed by atoms with Crippen LogP contribution in [0.5, 0.6) is 0 Å². The van der Waals surface area contributed by atoms with Gasteiger partial charge in [0.25, 0.3) is 0 Å². The number of aryl methyl sites for hydroxylation is 1. The highest BCUT2D eigenvalue weighted by atomic mass is 16.5. The third-order valence-electron chi connectivity index (χ3n) is 5.32. The van der Waals surface area contributed by atoms with Crippen molar-refractivity contribution in [3.05, 3.63) is 41.6 Å². The van der Waals surface area contributed by atoms with E-state index in [2.05, 4.69) is 42.6 Å². The predicted octanol–water partition coefficient (Wildman–Crippen LogP) is 3.63. The summed E-state index contributed by atoms with van der Waals surface area (Å²) in [5, 5.41) is 8.03. The fourth-order valence-electron chi connectivity index (χ4n) is 3.66. The van der Waals surface area contributed by atoms with Gasteiger partial charge in [-0.3, -0.25) is 4.68 Å². The predicted molar refractivity (Wildman–Crippen MR) is 91.7 cm³/mol. The molecular formula is C19H27N3O2. The minimum atomic E-state index is 0.0805. The van der Waals surface area contributed by atoms with Crippen molar-refractivity contribution in [2.45, 2.75) is 64.3 Å². The lowest BCUT2D eigenvalue weighted by molar-refractivity contribution is -0.0116. The van der Waals surface area contributed by atoms with Gasteiger partial charge in [-0.15, -0.1) is 0 Å². The third kappa shape index (κ3) is 3.28. The summed E-state index contributed by atoms with van der Waals surface area (Å²) in [4.78, 5) is 0. The molecule has 0 amide bonds. The lowest BCUT2D eigenvalue weighted by Gasteiger charge is -2.31. The van der Waals surface area contributed by atoms with Crippen molar-refractivity contribution in [3.8, 4) is 0 Å². The van der Waals surface area contributed by atoms with Crippen molar-refractivity contribution < 1.29 is 9.15 Å². The molecule has 3 heterocycles. The van der Waals surface area contributed by atoms with E-state index in [1.54, 1.807) is 0 Å². The Hall–Kier alpha value is -1.59. The van der Waals surface area contributed by atoms with Gasteiger partial charge in [0.05, 0.1) is 12.7 Å². The van der Waals surface area contributed by atoms with Gasteiger partial charge in [-0.1, -0.05) is 6.92 Å². The Labute approximate surface area is 143 Å². The number of nitrogens with one attached hydrogen (secondary N) is 1. The second-order valence-electron chi connectivity index (χ2n) is 7.17. The standard InChI is InChI=1S/C19H27N3O2/c1-3-22-12-14(10-21-22)19-17(5-4-8-23-19)20-11-15-6-7-18(24-15)16-9-13(16)2/h6-7,10,12-13,16-17,19-20H,3-5,8-9,11H2,1-2H3/t13?,16?,17-,19+/m0/s1. The van der Waals surface area contributed by atoms with Gasteiger partial charge in [-0.25, -0.2) is 0 Å². The fourth-order valence-corrected chi connectivity index (χ4v) is 3.66. The first-order valence-corrected chi connectivity index (χ1v) is 9.20. The van der Waals surface area contributed by atoms with E-state index in [-0.39, 0.29) is 6.10 Å². The van der Waals surface area contributed by atoms with Gasteiger partial charge in [0.15, 0.2) is 0 Å². The topological polar surface area (TPSA) is 52.2 Å². The molecule has 24 heavy (non-hydrogen) atoms. The zero-order chi connectivity index (χ0) is 16.5. The fraction of sp³-hybridized carbons (Fsp3) is 0.632. The van der Waals surface area contributed by atoms with Crippen molar-refractivity contribution in [2.75, 3.05) is 6.61 Å². The van der Waals surface area contributed by atoms with Crippen molar-refractivity contribution in [1.29, 1.82) is 0 Å². The number of hydrogen-bond donors (Lipinski definition) is 1. The first kappa shape index (κ1) is 15.9. The zero-order valence-electron chi connectivity index (χ0n) is 14.6. The van der Waals surface area contributed by atoms with Crippen LogP contribution in [-0.4, -0.2) is 22.4 Å². The lowest BCUT2D eigenvalue weighted by Crippen LogP contribution is -2.38. The summed E-state index contributed by atoms with van der Waals surface area (Å²) in [7, 11) is 0. The number of rotatable bonds is 6. The molecule has 2 aliphatic rings. The van der Waals surface area contributed by atoms with Crippen molar-refractivity contribution >= 4 is 0 Å². The van der Waals surface area contributed by atoms with Crippen LogP contribution in [0.2, 0.25) is 0 Å². The van der Waals surface area contributed by atoms with E-state index >= 15 is 0 Å². The summed E-state index contributed by atoms with van der Waals surface area (Å²) in [6.45, 7) is 6.85. The van der Waals surface area contributed by atoms with Gasteiger partial charge >= 0.3 is 0 Å². The van der Waals surface area contributed by atoms with Crippen molar-refractivity contribution in [1.82, 2.24) is 15.1 Å². The van der Waals surface area contributed by atoms with E-state index in [1.165, 1.54) is 12.0 Å². The molecule has 2 unspecified atom stereocenters. The molecule has 0 aromatic carbocycles. The highest BCUT2D eigenvalue weighted by Crippen LogP contribution is 2.47. The number of nitrogens with zero attached hydrogens (tertiary/aromatic N) is 2. The van der Waals surface area contributed by atoms with Crippen molar-refractivity contribution in [2.24, 2.45) is 5.92 Å². The summed E-state index contributed by atoms with van der Waals surface area (Å²) in [5.74, 6) is 3.60. The summed E-state index contributed by atoms with van der Waals surface area (Å²) in [5.41, 5.74) is 1.17. The number of ether oxygens (including phenoxy) is 1. The van der Waals surface area contributed by atoms with E-state index in [1.807, 2.05) is 10.9 Å². The van der Waals surface area contributed by atoms with Crippen LogP contribution in [0.15, 0.2) is 28.9 Å². The van der Waals surface area contributed by atoms with Gasteiger partial charge in [0, 0.05) is 36.9 Å². The maximum absolute atomic E-state index is 6.04. The molecule has 1 N–H and O–H groups in total. The summed E-state index contributed by atoms with van der Waals surface area (Å²) >= 11 is 0. The van der Waals surface area contributed by atoms with Gasteiger partial charge in [-0.05, 0) is 44.2 Å². The molecule has 1 saturated heterocycles. The second-order valence-corrected chi connectivity index (χ2v) is 7.17. The van der Waals surface area contributed by atoms with Crippen LogP contribution in [0.1, 0.15) is 62.2 Å². The maximum Gasteiger partial charge on any atom is 0.117 e. The normalized spacial score (nSPS) is 29.8. The van der Waals surface area contributed by atoms with Crippen LogP contribution in [0.3, 0.4) is 0 Å². The molecule has 0 bridgehead atoms. The number of aromatic nitrogens is 2. The molecule has 4 rings (SSSR count). The van der Waals surface area contributed by atoms with Crippen LogP contribution in [-0.2, 0) is 17.8 Å². The molecule has 130 valence electrons. The third-order valence-corrected chi connectivity index (χ3v) is 5.32. The Kier molecular flexibility index (Phi) is 4.46. The molecule has 0 radical (unpaired) electrons. The number of hydrogen-bond acceptors (Lipinski definition) is 4. The quantitative estimate of drug-likeness (QED) is 0.879. The van der Waals surface area contributed by atoms with Crippen LogP contribution in [0.25, 0.3) is 0 Å². The van der Waals surface area contributed by atoms with Gasteiger partial charge < -0.3 is 14.5 Å². The Morgan fingerprint density at radius 2 is 2.25 bits per heavy atom. The van der Waals surface area contributed by atoms with E-state index in [9.17, 15) is 0 Å². The first-order chi connectivity index (χ1) is 11.7. The highest BCUT2D eigenvalue weighted by Gasteiger charge is 2.36. The van der Waals surface area contributed by atoms with Gasteiger partial charge in [-0.2, -0.15) is 5.10 Å². The molecule has 1 aliphatic carbocycles. The van der Waals surface area contributed by atoms with Crippen molar-refractivity contribution in [3.63, 3.8) is 0 Å². The summed E-state index contributed by atoms with van der Waals surface area (Å²) in [6, 6.07) is 4.56. The molecular weight excluding hydrogens is 302 g/mol. The SMILES string of the molecule is CCn1cc([C@H]2OCCC[C@@H]2NCc2ccc(C3CC3C)o2)cn1. The van der Waals surface area contributed by atoms with E-state index in [0.717, 1.165) is 50.0 Å². The molecule has 0 spiro atoms. The Bertz CT molecular complexity index is 678. The molecule has 2 fully saturated rings. The molecule has 1 saturated carbocycles. The first-order valence-electron chi connectivity index (χ1n) is 9.20. The van der Waals surface area contributed by atoms with E-state index < -0.39 is 0 Å². The molecule has 2 aromatic rings. The lowest BCUT2D eigenvalue weighted by atomic mass is 9.98. The van der Waals surface area contributed by atoms with Gasteiger partial charge in [0.2, 0.25) is 0 Å². The Morgan fingerprint density at radius 1 is 1.38 bits per heavy atom. The van der Waals surface area contributed by atoms with Crippen LogP contribution in [0.4, 0.5) is 0 Å². The van der Waals surface area contributed by atoms with Crippen LogP contribution in [0, 0.1) is 5.92 Å². The highest BCUT2D eigenvalue weighted by molar-refractivity contribution is 5.18. The van der Waals surface area contributed by atoms with E-state index in [0.29, 0.717) is 12.0 Å². The molecule has 4 atom stereocenters. The molecule has 5 heteroatoms. The average molecular weight is 329 g/mol. The van der Waals surface area contributed by atoms with E-state index in [4.69, 9.17) is 9.15 Å². The molecule has 5 nitrogen and oxygen atoms in total. The second kappa shape index (κ2) is 6.73. The largest absolute Gasteiger partial charge is 0.464 e. The Balaban J connectivity index is 1.39. The smallest absolute Gasteiger partial charge is 0.117 e. The summed E-state index contributed by atoms with van der Waals surface area (Å²) in [6.07, 6.45) is 7.60. The Morgan fingerprint density at radius 3 is 3.00 bits per heavy atom. The average Bonchev–Trinajstić information content (AvgIpc) is 3.05. The monoisotopic (exact) mass is 329 g/mol. The minimum Gasteiger partial charge on any atom is -0.464 e. The van der Waals surface area contributed by atoms with Crippen LogP contribution < -0.4 is 5.32 Å². The summed E-state index contributed by atoms with van der Waals surface area (Å²) < 4.78 is 14.0. The number of furan rings is 1.